The van der Waals surface area contributed by atoms with Crippen molar-refractivity contribution in [3.63, 3.8) is 0 Å². The summed E-state index contributed by atoms with van der Waals surface area (Å²) in [7, 11) is -3.53. The van der Waals surface area contributed by atoms with Gasteiger partial charge in [-0.25, -0.2) is 18.4 Å². The number of sulfonamides is 1. The van der Waals surface area contributed by atoms with Gasteiger partial charge in [-0.15, -0.1) is 0 Å². The SMILES string of the molecule is CCS(=O)(=O)N1Cc2ccccc2C[C@H]1C(=O)NCc1ccnc(-n2ccnc2C)c1. The van der Waals surface area contributed by atoms with Crippen LogP contribution in [0.4, 0.5) is 0 Å². The van der Waals surface area contributed by atoms with Crippen LogP contribution in [0.25, 0.3) is 5.82 Å². The van der Waals surface area contributed by atoms with Crippen LogP contribution in [0.3, 0.4) is 0 Å². The molecule has 0 fully saturated rings. The number of carbonyl (C=O) groups excluding carboxylic acids is 1. The van der Waals surface area contributed by atoms with Crippen molar-refractivity contribution in [1.82, 2.24) is 24.2 Å². The molecule has 0 radical (unpaired) electrons. The van der Waals surface area contributed by atoms with Crippen LogP contribution in [0.2, 0.25) is 0 Å². The van der Waals surface area contributed by atoms with Gasteiger partial charge in [-0.1, -0.05) is 24.3 Å². The Balaban J connectivity index is 1.53. The van der Waals surface area contributed by atoms with Crippen LogP contribution in [0, 0.1) is 6.92 Å². The molecular formula is C22H25N5O3S. The summed E-state index contributed by atoms with van der Waals surface area (Å²) in [6.07, 6.45) is 5.57. The minimum Gasteiger partial charge on any atom is -0.351 e. The van der Waals surface area contributed by atoms with Gasteiger partial charge in [-0.3, -0.25) is 9.36 Å². The summed E-state index contributed by atoms with van der Waals surface area (Å²) in [5, 5.41) is 2.92. The predicted octanol–water partition coefficient (Wildman–Crippen LogP) is 1.97. The van der Waals surface area contributed by atoms with Crippen molar-refractivity contribution in [3.05, 3.63) is 77.5 Å². The molecule has 162 valence electrons. The monoisotopic (exact) mass is 439 g/mol. The maximum Gasteiger partial charge on any atom is 0.239 e. The molecule has 1 amide bonds. The predicted molar refractivity (Wildman–Crippen MR) is 117 cm³/mol. The van der Waals surface area contributed by atoms with Crippen molar-refractivity contribution in [2.75, 3.05) is 5.75 Å². The second-order valence-electron chi connectivity index (χ2n) is 7.52. The number of hydrogen-bond donors (Lipinski definition) is 1. The van der Waals surface area contributed by atoms with Crippen LogP contribution in [0.15, 0.2) is 55.0 Å². The number of amides is 1. The number of carbonyl (C=O) groups is 1. The van der Waals surface area contributed by atoms with Crippen molar-refractivity contribution in [1.29, 1.82) is 0 Å². The van der Waals surface area contributed by atoms with E-state index in [-0.39, 0.29) is 24.7 Å². The van der Waals surface area contributed by atoms with Crippen molar-refractivity contribution in [2.24, 2.45) is 0 Å². The fourth-order valence-electron chi connectivity index (χ4n) is 3.81. The van der Waals surface area contributed by atoms with E-state index in [0.29, 0.717) is 12.2 Å². The molecule has 0 saturated heterocycles. The Morgan fingerprint density at radius 2 is 1.94 bits per heavy atom. The summed E-state index contributed by atoms with van der Waals surface area (Å²) in [5.41, 5.74) is 2.82. The van der Waals surface area contributed by atoms with E-state index >= 15 is 0 Å². The molecule has 2 aromatic heterocycles. The Morgan fingerprint density at radius 1 is 1.16 bits per heavy atom. The first-order chi connectivity index (χ1) is 14.9. The van der Waals surface area contributed by atoms with E-state index in [4.69, 9.17) is 0 Å². The zero-order valence-corrected chi connectivity index (χ0v) is 18.3. The number of nitrogens with zero attached hydrogens (tertiary/aromatic N) is 4. The van der Waals surface area contributed by atoms with E-state index < -0.39 is 16.1 Å². The van der Waals surface area contributed by atoms with E-state index in [2.05, 4.69) is 15.3 Å². The third-order valence-corrected chi connectivity index (χ3v) is 7.41. The van der Waals surface area contributed by atoms with Gasteiger partial charge in [-0.2, -0.15) is 4.31 Å². The highest BCUT2D eigenvalue weighted by Crippen LogP contribution is 2.26. The smallest absolute Gasteiger partial charge is 0.239 e. The van der Waals surface area contributed by atoms with Crippen LogP contribution < -0.4 is 5.32 Å². The lowest BCUT2D eigenvalue weighted by molar-refractivity contribution is -0.125. The molecule has 1 N–H and O–H groups in total. The fraction of sp³-hybridized carbons (Fsp3) is 0.318. The molecule has 1 aromatic carbocycles. The second-order valence-corrected chi connectivity index (χ2v) is 9.73. The summed E-state index contributed by atoms with van der Waals surface area (Å²) in [5.74, 6) is 1.18. The molecule has 4 rings (SSSR count). The lowest BCUT2D eigenvalue weighted by atomic mass is 9.95. The molecule has 0 aliphatic carbocycles. The number of benzene rings is 1. The third-order valence-electron chi connectivity index (χ3n) is 5.58. The number of aryl methyl sites for hydroxylation is 1. The molecular weight excluding hydrogens is 414 g/mol. The molecule has 1 atom stereocenters. The van der Waals surface area contributed by atoms with E-state index in [1.165, 1.54) is 4.31 Å². The maximum absolute atomic E-state index is 13.1. The van der Waals surface area contributed by atoms with Crippen molar-refractivity contribution in [3.8, 4) is 5.82 Å². The zero-order valence-electron chi connectivity index (χ0n) is 17.5. The Bertz CT molecular complexity index is 1210. The van der Waals surface area contributed by atoms with Crippen LogP contribution >= 0.6 is 0 Å². The van der Waals surface area contributed by atoms with Gasteiger partial charge in [0.05, 0.1) is 5.75 Å². The maximum atomic E-state index is 13.1. The molecule has 0 unspecified atom stereocenters. The molecule has 0 bridgehead atoms. The highest BCUT2D eigenvalue weighted by Gasteiger charge is 2.37. The molecule has 1 aliphatic rings. The molecule has 31 heavy (non-hydrogen) atoms. The summed E-state index contributed by atoms with van der Waals surface area (Å²) in [4.78, 5) is 21.6. The van der Waals surface area contributed by atoms with Crippen molar-refractivity contribution >= 4 is 15.9 Å². The van der Waals surface area contributed by atoms with E-state index in [9.17, 15) is 13.2 Å². The summed E-state index contributed by atoms with van der Waals surface area (Å²) in [6, 6.07) is 10.6. The van der Waals surface area contributed by atoms with Gasteiger partial charge < -0.3 is 5.32 Å². The molecule has 0 spiro atoms. The van der Waals surface area contributed by atoms with Crippen molar-refractivity contribution in [2.45, 2.75) is 39.4 Å². The Morgan fingerprint density at radius 3 is 2.65 bits per heavy atom. The summed E-state index contributed by atoms with van der Waals surface area (Å²) < 4.78 is 28.6. The lowest BCUT2D eigenvalue weighted by Gasteiger charge is -2.34. The van der Waals surface area contributed by atoms with Gasteiger partial charge in [0.1, 0.15) is 17.7 Å². The number of imidazole rings is 1. The van der Waals surface area contributed by atoms with E-state index in [1.807, 2.05) is 54.1 Å². The number of aromatic nitrogens is 3. The number of hydrogen-bond acceptors (Lipinski definition) is 5. The average molecular weight is 440 g/mol. The Kier molecular flexibility index (Phi) is 5.88. The fourth-order valence-corrected chi connectivity index (χ4v) is 5.04. The molecule has 1 aliphatic heterocycles. The molecule has 8 nitrogen and oxygen atoms in total. The first-order valence-corrected chi connectivity index (χ1v) is 11.8. The molecule has 0 saturated carbocycles. The summed E-state index contributed by atoms with van der Waals surface area (Å²) >= 11 is 0. The first-order valence-electron chi connectivity index (χ1n) is 10.2. The Hall–Kier alpha value is -3.04. The largest absolute Gasteiger partial charge is 0.351 e. The minimum atomic E-state index is -3.53. The number of rotatable bonds is 6. The van der Waals surface area contributed by atoms with Gasteiger partial charge >= 0.3 is 0 Å². The van der Waals surface area contributed by atoms with Crippen LogP contribution in [0.5, 0.6) is 0 Å². The van der Waals surface area contributed by atoms with Crippen LogP contribution in [0.1, 0.15) is 29.4 Å². The molecule has 3 heterocycles. The van der Waals surface area contributed by atoms with Gasteiger partial charge in [-0.05, 0) is 49.1 Å². The number of fused-ring (bicyclic) bond motifs is 1. The highest BCUT2D eigenvalue weighted by atomic mass is 32.2. The normalized spacial score (nSPS) is 16.6. The van der Waals surface area contributed by atoms with E-state index in [0.717, 1.165) is 22.5 Å². The average Bonchev–Trinajstić information content (AvgIpc) is 3.22. The standard InChI is InChI=1S/C22H25N5O3S/c1-3-31(29,30)27-15-19-7-5-4-6-18(19)13-20(27)22(28)25-14-17-8-9-24-21(12-17)26-11-10-23-16(26)2/h4-12,20H,3,13-15H2,1-2H3,(H,25,28)/t20-/m0/s1. The van der Waals surface area contributed by atoms with E-state index in [1.54, 1.807) is 19.3 Å². The summed E-state index contributed by atoms with van der Waals surface area (Å²) in [6.45, 7) is 3.98. The molecule has 9 heteroatoms. The van der Waals surface area contributed by atoms with Gasteiger partial charge in [0.15, 0.2) is 0 Å². The zero-order chi connectivity index (χ0) is 22.0. The highest BCUT2D eigenvalue weighted by molar-refractivity contribution is 7.89. The van der Waals surface area contributed by atoms with Gasteiger partial charge in [0, 0.05) is 31.7 Å². The molecule has 3 aromatic rings. The van der Waals surface area contributed by atoms with Crippen LogP contribution in [-0.2, 0) is 34.3 Å². The van der Waals surface area contributed by atoms with Crippen LogP contribution in [-0.4, -0.2) is 45.0 Å². The minimum absolute atomic E-state index is 0.0447. The van der Waals surface area contributed by atoms with Crippen molar-refractivity contribution < 1.29 is 13.2 Å². The number of pyridine rings is 1. The quantitative estimate of drug-likeness (QED) is 0.633. The third kappa shape index (κ3) is 4.38. The first kappa shape index (κ1) is 21.2. The Labute approximate surface area is 182 Å². The van der Waals surface area contributed by atoms with Gasteiger partial charge in [0.25, 0.3) is 0 Å². The second kappa shape index (κ2) is 8.60. The topological polar surface area (TPSA) is 97.2 Å². The lowest BCUT2D eigenvalue weighted by Crippen LogP contribution is -2.52. The number of nitrogens with one attached hydrogen (secondary N) is 1. The van der Waals surface area contributed by atoms with Gasteiger partial charge in [0.2, 0.25) is 15.9 Å².